The fourth-order valence-electron chi connectivity index (χ4n) is 2.03. The van der Waals surface area contributed by atoms with E-state index in [0.717, 1.165) is 23.4 Å². The highest BCUT2D eigenvalue weighted by molar-refractivity contribution is 6.03. The van der Waals surface area contributed by atoms with Gasteiger partial charge in [0.1, 0.15) is 11.9 Å². The van der Waals surface area contributed by atoms with Crippen LogP contribution >= 0.6 is 0 Å². The monoisotopic (exact) mass is 235 g/mol. The SMILES string of the molecule is CC[C@@H]1ON=C(c2ccc(OC)cc2)[C@@H]1CO. The molecule has 0 fully saturated rings. The Labute approximate surface area is 101 Å². The summed E-state index contributed by atoms with van der Waals surface area (Å²) in [6.07, 6.45) is 0.825. The number of nitrogens with zero attached hydrogens (tertiary/aromatic N) is 1. The van der Waals surface area contributed by atoms with Crippen molar-refractivity contribution in [3.8, 4) is 5.75 Å². The number of hydrogen-bond acceptors (Lipinski definition) is 4. The lowest BCUT2D eigenvalue weighted by Crippen LogP contribution is -2.26. The topological polar surface area (TPSA) is 51.0 Å². The molecule has 1 aromatic carbocycles. The van der Waals surface area contributed by atoms with Crippen LogP contribution in [0.3, 0.4) is 0 Å². The van der Waals surface area contributed by atoms with Gasteiger partial charge in [-0.25, -0.2) is 0 Å². The number of rotatable bonds is 4. The molecule has 0 unspecified atom stereocenters. The van der Waals surface area contributed by atoms with E-state index in [0.29, 0.717) is 0 Å². The number of aliphatic hydroxyl groups excluding tert-OH is 1. The summed E-state index contributed by atoms with van der Waals surface area (Å²) >= 11 is 0. The molecule has 0 saturated carbocycles. The van der Waals surface area contributed by atoms with E-state index in [9.17, 15) is 5.11 Å². The summed E-state index contributed by atoms with van der Waals surface area (Å²) in [4.78, 5) is 5.33. The number of methoxy groups -OCH3 is 1. The second-order valence-electron chi connectivity index (χ2n) is 4.05. The molecule has 1 aliphatic rings. The molecule has 1 aliphatic heterocycles. The van der Waals surface area contributed by atoms with Crippen molar-refractivity contribution in [2.75, 3.05) is 13.7 Å². The molecule has 4 nitrogen and oxygen atoms in total. The van der Waals surface area contributed by atoms with Crippen molar-refractivity contribution in [2.24, 2.45) is 11.1 Å². The Hall–Kier alpha value is -1.55. The Morgan fingerprint density at radius 1 is 1.35 bits per heavy atom. The molecule has 0 amide bonds. The zero-order valence-corrected chi connectivity index (χ0v) is 10.1. The standard InChI is InChI=1S/C13H17NO3/c1-3-12-11(8-15)13(14-17-12)9-4-6-10(16-2)7-5-9/h4-7,11-12,15H,3,8H2,1-2H3/t11-,12+/m1/s1. The highest BCUT2D eigenvalue weighted by Crippen LogP contribution is 2.25. The molecular formula is C13H17NO3. The zero-order valence-electron chi connectivity index (χ0n) is 10.1. The molecule has 92 valence electrons. The van der Waals surface area contributed by atoms with Crippen molar-refractivity contribution < 1.29 is 14.7 Å². The zero-order chi connectivity index (χ0) is 12.3. The van der Waals surface area contributed by atoms with E-state index in [1.165, 1.54) is 0 Å². The van der Waals surface area contributed by atoms with E-state index in [1.807, 2.05) is 31.2 Å². The number of ether oxygens (including phenoxy) is 1. The third kappa shape index (κ3) is 2.26. The van der Waals surface area contributed by atoms with Crippen molar-refractivity contribution >= 4 is 5.71 Å². The van der Waals surface area contributed by atoms with Crippen LogP contribution in [0, 0.1) is 5.92 Å². The van der Waals surface area contributed by atoms with Gasteiger partial charge >= 0.3 is 0 Å². The molecule has 0 saturated heterocycles. The van der Waals surface area contributed by atoms with E-state index in [1.54, 1.807) is 7.11 Å². The van der Waals surface area contributed by atoms with Crippen LogP contribution in [0.2, 0.25) is 0 Å². The summed E-state index contributed by atoms with van der Waals surface area (Å²) < 4.78 is 5.11. The minimum Gasteiger partial charge on any atom is -0.497 e. The van der Waals surface area contributed by atoms with Crippen molar-refractivity contribution in [3.05, 3.63) is 29.8 Å². The maximum Gasteiger partial charge on any atom is 0.138 e. The lowest BCUT2D eigenvalue weighted by molar-refractivity contribution is 0.0439. The van der Waals surface area contributed by atoms with Crippen LogP contribution in [-0.4, -0.2) is 30.6 Å². The molecule has 0 radical (unpaired) electrons. The third-order valence-corrected chi connectivity index (χ3v) is 3.07. The van der Waals surface area contributed by atoms with Gasteiger partial charge in [0.05, 0.1) is 25.3 Å². The number of hydrogen-bond donors (Lipinski definition) is 1. The molecular weight excluding hydrogens is 218 g/mol. The Kier molecular flexibility index (Phi) is 3.64. The highest BCUT2D eigenvalue weighted by Gasteiger charge is 2.33. The summed E-state index contributed by atoms with van der Waals surface area (Å²) in [7, 11) is 1.63. The minimum atomic E-state index is -0.0339. The van der Waals surface area contributed by atoms with Gasteiger partial charge in [0, 0.05) is 5.56 Å². The first-order chi connectivity index (χ1) is 8.30. The first kappa shape index (κ1) is 11.9. The Balaban J connectivity index is 2.21. The molecule has 2 atom stereocenters. The summed E-state index contributed by atoms with van der Waals surface area (Å²) in [5, 5.41) is 13.5. The van der Waals surface area contributed by atoms with Crippen LogP contribution in [0.5, 0.6) is 5.75 Å². The first-order valence-corrected chi connectivity index (χ1v) is 5.79. The lowest BCUT2D eigenvalue weighted by Gasteiger charge is -2.14. The second kappa shape index (κ2) is 5.19. The predicted octanol–water partition coefficient (Wildman–Crippen LogP) is 1.82. The number of oxime groups is 1. The highest BCUT2D eigenvalue weighted by atomic mass is 16.6. The smallest absolute Gasteiger partial charge is 0.138 e. The molecule has 0 aromatic heterocycles. The van der Waals surface area contributed by atoms with Gasteiger partial charge in [-0.2, -0.15) is 0 Å². The fraction of sp³-hybridized carbons (Fsp3) is 0.462. The van der Waals surface area contributed by atoms with Crippen molar-refractivity contribution in [1.29, 1.82) is 0 Å². The molecule has 0 bridgehead atoms. The Morgan fingerprint density at radius 3 is 2.59 bits per heavy atom. The molecule has 1 heterocycles. The quantitative estimate of drug-likeness (QED) is 0.866. The third-order valence-electron chi connectivity index (χ3n) is 3.07. The van der Waals surface area contributed by atoms with Gasteiger partial charge in [0.15, 0.2) is 0 Å². The Bertz CT molecular complexity index is 400. The van der Waals surface area contributed by atoms with Gasteiger partial charge in [0.25, 0.3) is 0 Å². The molecule has 0 aliphatic carbocycles. The van der Waals surface area contributed by atoms with Gasteiger partial charge in [-0.15, -0.1) is 0 Å². The van der Waals surface area contributed by atoms with E-state index in [2.05, 4.69) is 5.16 Å². The van der Waals surface area contributed by atoms with Crippen molar-refractivity contribution in [2.45, 2.75) is 19.4 Å². The van der Waals surface area contributed by atoms with Crippen LogP contribution in [-0.2, 0) is 4.84 Å². The average molecular weight is 235 g/mol. The molecule has 1 N–H and O–H groups in total. The van der Waals surface area contributed by atoms with Crippen LogP contribution in [0.4, 0.5) is 0 Å². The van der Waals surface area contributed by atoms with Gasteiger partial charge in [-0.05, 0) is 30.7 Å². The molecule has 4 heteroatoms. The van der Waals surface area contributed by atoms with Crippen molar-refractivity contribution in [1.82, 2.24) is 0 Å². The van der Waals surface area contributed by atoms with Crippen molar-refractivity contribution in [3.63, 3.8) is 0 Å². The van der Waals surface area contributed by atoms with Gasteiger partial charge in [-0.1, -0.05) is 12.1 Å². The predicted molar refractivity (Wildman–Crippen MR) is 65.3 cm³/mol. The lowest BCUT2D eigenvalue weighted by atomic mass is 9.92. The van der Waals surface area contributed by atoms with Gasteiger partial charge in [-0.3, -0.25) is 0 Å². The second-order valence-corrected chi connectivity index (χ2v) is 4.05. The van der Waals surface area contributed by atoms with Crippen LogP contribution in [0.15, 0.2) is 29.4 Å². The number of benzene rings is 1. The first-order valence-electron chi connectivity index (χ1n) is 5.79. The maximum atomic E-state index is 9.41. The summed E-state index contributed by atoms with van der Waals surface area (Å²) in [5.74, 6) is 0.772. The number of aliphatic hydroxyl groups is 1. The van der Waals surface area contributed by atoms with Crippen LogP contribution in [0.1, 0.15) is 18.9 Å². The summed E-state index contributed by atoms with van der Waals surface area (Å²) in [6.45, 7) is 2.09. The van der Waals surface area contributed by atoms with E-state index < -0.39 is 0 Å². The largest absolute Gasteiger partial charge is 0.497 e. The fourth-order valence-corrected chi connectivity index (χ4v) is 2.03. The normalized spacial score (nSPS) is 23.1. The van der Waals surface area contributed by atoms with Gasteiger partial charge < -0.3 is 14.7 Å². The van der Waals surface area contributed by atoms with E-state index >= 15 is 0 Å². The Morgan fingerprint density at radius 2 is 2.06 bits per heavy atom. The minimum absolute atomic E-state index is 0.0166. The molecule has 1 aromatic rings. The average Bonchev–Trinajstić information content (AvgIpc) is 2.81. The summed E-state index contributed by atoms with van der Waals surface area (Å²) in [6, 6.07) is 7.63. The van der Waals surface area contributed by atoms with Crippen LogP contribution in [0.25, 0.3) is 0 Å². The summed E-state index contributed by atoms with van der Waals surface area (Å²) in [5.41, 5.74) is 1.79. The van der Waals surface area contributed by atoms with E-state index in [-0.39, 0.29) is 18.6 Å². The van der Waals surface area contributed by atoms with Gasteiger partial charge in [0.2, 0.25) is 0 Å². The molecule has 17 heavy (non-hydrogen) atoms. The van der Waals surface area contributed by atoms with E-state index in [4.69, 9.17) is 9.57 Å². The molecule has 0 spiro atoms. The van der Waals surface area contributed by atoms with Crippen LogP contribution < -0.4 is 4.74 Å². The molecule has 2 rings (SSSR count). The maximum absolute atomic E-state index is 9.41.